The monoisotopic (exact) mass is 241 g/mol. The van der Waals surface area contributed by atoms with Gasteiger partial charge in [0.2, 0.25) is 0 Å². The van der Waals surface area contributed by atoms with Gasteiger partial charge >= 0.3 is 5.97 Å². The van der Waals surface area contributed by atoms with Crippen LogP contribution in [0.2, 0.25) is 0 Å². The van der Waals surface area contributed by atoms with Gasteiger partial charge in [-0.05, 0) is 32.4 Å². The number of aryl methyl sites for hydroxylation is 2. The van der Waals surface area contributed by atoms with E-state index in [2.05, 4.69) is 36.9 Å². The minimum atomic E-state index is -0.169. The molecule has 0 amide bonds. The van der Waals surface area contributed by atoms with Crippen LogP contribution in [0.25, 0.3) is 0 Å². The molecule has 16 heavy (non-hydrogen) atoms. The zero-order chi connectivity index (χ0) is 12.1. The van der Waals surface area contributed by atoms with Crippen LogP contribution in [0.4, 0.5) is 0 Å². The van der Waals surface area contributed by atoms with E-state index in [1.54, 1.807) is 0 Å². The summed E-state index contributed by atoms with van der Waals surface area (Å²) in [6, 6.07) is 2.49. The van der Waals surface area contributed by atoms with E-state index in [9.17, 15) is 4.79 Å². The van der Waals surface area contributed by atoms with Crippen molar-refractivity contribution in [3.05, 3.63) is 21.4 Å². The van der Waals surface area contributed by atoms with Crippen molar-refractivity contribution < 1.29 is 9.53 Å². The van der Waals surface area contributed by atoms with Gasteiger partial charge < -0.3 is 10.1 Å². The molecule has 1 atom stereocenters. The SMILES string of the molecule is COC(=O)CCNC(C)c1cc(C)sc1C. The Balaban J connectivity index is 2.43. The van der Waals surface area contributed by atoms with Crippen LogP contribution in [0, 0.1) is 13.8 Å². The molecule has 4 heteroatoms. The van der Waals surface area contributed by atoms with Crippen LogP contribution < -0.4 is 5.32 Å². The Morgan fingerprint density at radius 2 is 2.25 bits per heavy atom. The number of esters is 1. The van der Waals surface area contributed by atoms with E-state index in [0.29, 0.717) is 13.0 Å². The summed E-state index contributed by atoms with van der Waals surface area (Å²) >= 11 is 1.81. The molecular weight excluding hydrogens is 222 g/mol. The number of carbonyl (C=O) groups is 1. The second kappa shape index (κ2) is 6.01. The molecule has 0 aliphatic rings. The molecule has 1 unspecified atom stereocenters. The molecule has 1 aromatic rings. The van der Waals surface area contributed by atoms with Gasteiger partial charge in [0.25, 0.3) is 0 Å². The number of thiophene rings is 1. The number of hydrogen-bond acceptors (Lipinski definition) is 4. The topological polar surface area (TPSA) is 38.3 Å². The highest BCUT2D eigenvalue weighted by atomic mass is 32.1. The van der Waals surface area contributed by atoms with Gasteiger partial charge in [0, 0.05) is 22.3 Å². The van der Waals surface area contributed by atoms with Gasteiger partial charge in [-0.3, -0.25) is 4.79 Å². The van der Waals surface area contributed by atoms with Crippen molar-refractivity contribution in [3.63, 3.8) is 0 Å². The first-order valence-corrected chi connectivity index (χ1v) is 6.23. The zero-order valence-electron chi connectivity index (χ0n) is 10.3. The van der Waals surface area contributed by atoms with Crippen LogP contribution in [0.5, 0.6) is 0 Å². The molecule has 0 fully saturated rings. The maximum absolute atomic E-state index is 10.9. The molecule has 1 rings (SSSR count). The van der Waals surface area contributed by atoms with Crippen molar-refractivity contribution in [1.82, 2.24) is 5.32 Å². The lowest BCUT2D eigenvalue weighted by molar-refractivity contribution is -0.140. The fraction of sp³-hybridized carbons (Fsp3) is 0.583. The lowest BCUT2D eigenvalue weighted by Crippen LogP contribution is -2.22. The van der Waals surface area contributed by atoms with Gasteiger partial charge in [-0.25, -0.2) is 0 Å². The average molecular weight is 241 g/mol. The maximum Gasteiger partial charge on any atom is 0.306 e. The van der Waals surface area contributed by atoms with Crippen molar-refractivity contribution in [2.45, 2.75) is 33.2 Å². The zero-order valence-corrected chi connectivity index (χ0v) is 11.1. The normalized spacial score (nSPS) is 12.5. The van der Waals surface area contributed by atoms with Crippen molar-refractivity contribution >= 4 is 17.3 Å². The second-order valence-corrected chi connectivity index (χ2v) is 5.33. The van der Waals surface area contributed by atoms with Crippen molar-refractivity contribution in [2.24, 2.45) is 0 Å². The highest BCUT2D eigenvalue weighted by molar-refractivity contribution is 7.12. The molecule has 0 spiro atoms. The van der Waals surface area contributed by atoms with E-state index in [1.165, 1.54) is 22.4 Å². The van der Waals surface area contributed by atoms with Crippen LogP contribution >= 0.6 is 11.3 Å². The van der Waals surface area contributed by atoms with Crippen LogP contribution in [0.15, 0.2) is 6.07 Å². The fourth-order valence-electron chi connectivity index (χ4n) is 1.68. The smallest absolute Gasteiger partial charge is 0.306 e. The van der Waals surface area contributed by atoms with Crippen molar-refractivity contribution in [1.29, 1.82) is 0 Å². The lowest BCUT2D eigenvalue weighted by Gasteiger charge is -2.13. The van der Waals surface area contributed by atoms with Crippen molar-refractivity contribution in [3.8, 4) is 0 Å². The summed E-state index contributed by atoms with van der Waals surface area (Å²) in [7, 11) is 1.41. The van der Waals surface area contributed by atoms with Gasteiger partial charge in [0.15, 0.2) is 0 Å². The molecule has 0 saturated heterocycles. The van der Waals surface area contributed by atoms with E-state index < -0.39 is 0 Å². The average Bonchev–Trinajstić information content (AvgIpc) is 2.57. The molecule has 0 saturated carbocycles. The van der Waals surface area contributed by atoms with Crippen LogP contribution in [-0.4, -0.2) is 19.6 Å². The molecule has 0 aliphatic heterocycles. The quantitative estimate of drug-likeness (QED) is 0.805. The standard InChI is InChI=1S/C12H19NO2S/c1-8-7-11(10(3)16-8)9(2)13-6-5-12(14)15-4/h7,9,13H,5-6H2,1-4H3. The van der Waals surface area contributed by atoms with Gasteiger partial charge in [0.05, 0.1) is 13.5 Å². The summed E-state index contributed by atoms with van der Waals surface area (Å²) in [5, 5.41) is 3.32. The van der Waals surface area contributed by atoms with Crippen LogP contribution in [0.3, 0.4) is 0 Å². The summed E-state index contributed by atoms with van der Waals surface area (Å²) in [6.45, 7) is 7.02. The lowest BCUT2D eigenvalue weighted by atomic mass is 10.1. The first kappa shape index (κ1) is 13.2. The largest absolute Gasteiger partial charge is 0.469 e. The third-order valence-electron chi connectivity index (χ3n) is 2.55. The number of methoxy groups -OCH3 is 1. The molecule has 1 heterocycles. The highest BCUT2D eigenvalue weighted by Crippen LogP contribution is 2.25. The Kier molecular flexibility index (Phi) is 4.96. The minimum Gasteiger partial charge on any atom is -0.469 e. The number of rotatable bonds is 5. The molecular formula is C12H19NO2S. The third-order valence-corrected chi connectivity index (χ3v) is 3.53. The summed E-state index contributed by atoms with van der Waals surface area (Å²) in [5.74, 6) is -0.169. The predicted octanol–water partition coefficient (Wildman–Crippen LogP) is 2.58. The van der Waals surface area contributed by atoms with Crippen LogP contribution in [0.1, 0.15) is 34.7 Å². The Morgan fingerprint density at radius 1 is 1.56 bits per heavy atom. The first-order valence-electron chi connectivity index (χ1n) is 5.41. The van der Waals surface area contributed by atoms with Gasteiger partial charge in [0.1, 0.15) is 0 Å². The Bertz CT molecular complexity index is 360. The van der Waals surface area contributed by atoms with Gasteiger partial charge in [-0.2, -0.15) is 0 Å². The van der Waals surface area contributed by atoms with Crippen molar-refractivity contribution in [2.75, 3.05) is 13.7 Å². The summed E-state index contributed by atoms with van der Waals surface area (Å²) in [6.07, 6.45) is 0.420. The molecule has 0 aliphatic carbocycles. The maximum atomic E-state index is 10.9. The number of hydrogen-bond donors (Lipinski definition) is 1. The third kappa shape index (κ3) is 3.61. The van der Waals surface area contributed by atoms with E-state index in [0.717, 1.165) is 0 Å². The molecule has 3 nitrogen and oxygen atoms in total. The number of ether oxygens (including phenoxy) is 1. The highest BCUT2D eigenvalue weighted by Gasteiger charge is 2.11. The molecule has 1 aromatic heterocycles. The number of carbonyl (C=O) groups excluding carboxylic acids is 1. The van der Waals surface area contributed by atoms with Crippen LogP contribution in [-0.2, 0) is 9.53 Å². The second-order valence-electron chi connectivity index (χ2n) is 3.87. The van der Waals surface area contributed by atoms with E-state index in [1.807, 2.05) is 11.3 Å². The first-order chi connectivity index (χ1) is 7.54. The minimum absolute atomic E-state index is 0.169. The Labute approximate surface area is 101 Å². The Hall–Kier alpha value is -0.870. The number of nitrogens with one attached hydrogen (secondary N) is 1. The molecule has 0 bridgehead atoms. The summed E-state index contributed by atoms with van der Waals surface area (Å²) in [4.78, 5) is 13.6. The van der Waals surface area contributed by atoms with Gasteiger partial charge in [-0.15, -0.1) is 11.3 Å². The Morgan fingerprint density at radius 3 is 2.75 bits per heavy atom. The summed E-state index contributed by atoms with van der Waals surface area (Å²) < 4.78 is 4.59. The predicted molar refractivity (Wildman–Crippen MR) is 66.8 cm³/mol. The molecule has 0 aromatic carbocycles. The fourth-order valence-corrected chi connectivity index (χ4v) is 2.71. The van der Waals surface area contributed by atoms with E-state index >= 15 is 0 Å². The van der Waals surface area contributed by atoms with Gasteiger partial charge in [-0.1, -0.05) is 0 Å². The molecule has 0 radical (unpaired) electrons. The summed E-state index contributed by atoms with van der Waals surface area (Å²) in [5.41, 5.74) is 1.33. The van der Waals surface area contributed by atoms with E-state index in [-0.39, 0.29) is 12.0 Å². The molecule has 90 valence electrons. The molecule has 1 N–H and O–H groups in total. The van der Waals surface area contributed by atoms with E-state index in [4.69, 9.17) is 0 Å².